The number of carbonyl (C=O) groups is 1. The number of carbonyl (C=O) groups excluding carboxylic acids is 1. The van der Waals surface area contributed by atoms with Crippen LogP contribution >= 0.6 is 11.8 Å². The number of aromatic nitrogens is 2. The monoisotopic (exact) mass is 326 g/mol. The van der Waals surface area contributed by atoms with E-state index in [0.717, 1.165) is 11.8 Å². The van der Waals surface area contributed by atoms with Gasteiger partial charge in [0.25, 0.3) is 0 Å². The van der Waals surface area contributed by atoms with Crippen molar-refractivity contribution in [1.82, 2.24) is 9.55 Å². The first-order valence-electron chi connectivity index (χ1n) is 6.92. The molecule has 23 heavy (non-hydrogen) atoms. The molecule has 0 atom stereocenters. The number of phenols is 2. The number of imidazole rings is 1. The fourth-order valence-electron chi connectivity index (χ4n) is 2.15. The fraction of sp³-hybridized carbons (Fsp3) is 0.0588. The van der Waals surface area contributed by atoms with Crippen LogP contribution in [0, 0.1) is 0 Å². The number of ketones is 1. The van der Waals surface area contributed by atoms with Gasteiger partial charge in [-0.05, 0) is 24.3 Å². The molecule has 5 nitrogen and oxygen atoms in total. The van der Waals surface area contributed by atoms with Crippen LogP contribution in [0.1, 0.15) is 10.4 Å². The average molecular weight is 326 g/mol. The van der Waals surface area contributed by atoms with Gasteiger partial charge in [0.05, 0.1) is 11.3 Å². The molecule has 0 fully saturated rings. The zero-order chi connectivity index (χ0) is 16.2. The number of Topliss-reactive ketones (excluding diaryl/α,β-unsaturated/α-hetero) is 1. The zero-order valence-corrected chi connectivity index (χ0v) is 12.9. The minimum atomic E-state index is -0.227. The highest BCUT2D eigenvalue weighted by atomic mass is 32.2. The Morgan fingerprint density at radius 3 is 2.65 bits per heavy atom. The van der Waals surface area contributed by atoms with Gasteiger partial charge >= 0.3 is 0 Å². The predicted molar refractivity (Wildman–Crippen MR) is 88.4 cm³/mol. The SMILES string of the molecule is O=C(CSc1nccn1-c1ccccc1)c1ccc(O)cc1O. The first kappa shape index (κ1) is 15.2. The van der Waals surface area contributed by atoms with Crippen molar-refractivity contribution in [2.24, 2.45) is 0 Å². The maximum Gasteiger partial charge on any atom is 0.176 e. The minimum Gasteiger partial charge on any atom is -0.508 e. The highest BCUT2D eigenvalue weighted by Crippen LogP contribution is 2.26. The zero-order valence-electron chi connectivity index (χ0n) is 12.1. The van der Waals surface area contributed by atoms with E-state index in [0.29, 0.717) is 5.16 Å². The summed E-state index contributed by atoms with van der Waals surface area (Å²) in [7, 11) is 0. The Balaban J connectivity index is 1.74. The molecule has 0 aliphatic carbocycles. The number of aromatic hydroxyl groups is 2. The molecular weight excluding hydrogens is 312 g/mol. The van der Waals surface area contributed by atoms with E-state index in [-0.39, 0.29) is 28.6 Å². The number of hydrogen-bond acceptors (Lipinski definition) is 5. The number of rotatable bonds is 5. The summed E-state index contributed by atoms with van der Waals surface area (Å²) in [5.41, 5.74) is 1.15. The van der Waals surface area contributed by atoms with Gasteiger partial charge in [-0.2, -0.15) is 0 Å². The van der Waals surface area contributed by atoms with Crippen LogP contribution in [0.25, 0.3) is 5.69 Å². The van der Waals surface area contributed by atoms with Crippen LogP contribution in [0.4, 0.5) is 0 Å². The van der Waals surface area contributed by atoms with Crippen LogP contribution in [0.15, 0.2) is 66.1 Å². The van der Waals surface area contributed by atoms with Crippen LogP contribution in [-0.4, -0.2) is 31.3 Å². The number of benzene rings is 2. The normalized spacial score (nSPS) is 10.6. The van der Waals surface area contributed by atoms with E-state index in [4.69, 9.17) is 0 Å². The van der Waals surface area contributed by atoms with E-state index in [2.05, 4.69) is 4.98 Å². The smallest absolute Gasteiger partial charge is 0.176 e. The molecule has 6 heteroatoms. The van der Waals surface area contributed by atoms with Crippen molar-refractivity contribution < 1.29 is 15.0 Å². The molecule has 1 heterocycles. The van der Waals surface area contributed by atoms with Gasteiger partial charge in [-0.25, -0.2) is 4.98 Å². The minimum absolute atomic E-state index is 0.0775. The van der Waals surface area contributed by atoms with Crippen molar-refractivity contribution in [3.63, 3.8) is 0 Å². The maximum atomic E-state index is 12.2. The Hall–Kier alpha value is -2.73. The molecule has 2 aromatic carbocycles. The largest absolute Gasteiger partial charge is 0.508 e. The molecule has 0 aliphatic rings. The molecule has 1 aromatic heterocycles. The van der Waals surface area contributed by atoms with Gasteiger partial charge in [-0.15, -0.1) is 0 Å². The third kappa shape index (κ3) is 3.37. The third-order valence-electron chi connectivity index (χ3n) is 3.26. The number of nitrogens with zero attached hydrogens (tertiary/aromatic N) is 2. The lowest BCUT2D eigenvalue weighted by Crippen LogP contribution is -2.04. The van der Waals surface area contributed by atoms with Crippen LogP contribution in [0.3, 0.4) is 0 Å². The molecule has 0 unspecified atom stereocenters. The van der Waals surface area contributed by atoms with Gasteiger partial charge in [0, 0.05) is 24.1 Å². The van der Waals surface area contributed by atoms with Gasteiger partial charge in [0.2, 0.25) is 0 Å². The molecule has 0 radical (unpaired) electrons. The molecular formula is C17H14N2O3S. The van der Waals surface area contributed by atoms with Gasteiger partial charge in [0.15, 0.2) is 10.9 Å². The Labute approximate surface area is 137 Å². The van der Waals surface area contributed by atoms with E-state index in [1.165, 1.54) is 23.9 Å². The summed E-state index contributed by atoms with van der Waals surface area (Å²) in [6.45, 7) is 0. The van der Waals surface area contributed by atoms with E-state index in [1.54, 1.807) is 6.20 Å². The van der Waals surface area contributed by atoms with Crippen LogP contribution in [-0.2, 0) is 0 Å². The van der Waals surface area contributed by atoms with Crippen molar-refractivity contribution >= 4 is 17.5 Å². The Bertz CT molecular complexity index is 831. The number of hydrogen-bond donors (Lipinski definition) is 2. The van der Waals surface area contributed by atoms with Gasteiger partial charge in [0.1, 0.15) is 11.5 Å². The molecule has 3 aromatic rings. The molecule has 0 saturated heterocycles. The maximum absolute atomic E-state index is 12.2. The van der Waals surface area contributed by atoms with Crippen LogP contribution < -0.4 is 0 Å². The van der Waals surface area contributed by atoms with Gasteiger partial charge in [-0.3, -0.25) is 9.36 Å². The second-order valence-corrected chi connectivity index (χ2v) is 5.77. The molecule has 0 amide bonds. The van der Waals surface area contributed by atoms with E-state index < -0.39 is 0 Å². The van der Waals surface area contributed by atoms with Crippen molar-refractivity contribution in [2.75, 3.05) is 5.75 Å². The summed E-state index contributed by atoms with van der Waals surface area (Å²) in [5.74, 6) is -0.384. The van der Waals surface area contributed by atoms with Crippen LogP contribution in [0.5, 0.6) is 11.5 Å². The quantitative estimate of drug-likeness (QED) is 0.556. The summed E-state index contributed by atoms with van der Waals surface area (Å²) in [4.78, 5) is 16.5. The molecule has 0 aliphatic heterocycles. The number of para-hydroxylation sites is 1. The lowest BCUT2D eigenvalue weighted by Gasteiger charge is -2.07. The number of thioether (sulfide) groups is 1. The van der Waals surface area contributed by atoms with E-state index in [1.807, 2.05) is 41.1 Å². The summed E-state index contributed by atoms with van der Waals surface area (Å²) >= 11 is 1.29. The Morgan fingerprint density at radius 1 is 1.13 bits per heavy atom. The third-order valence-corrected chi connectivity index (χ3v) is 4.22. The topological polar surface area (TPSA) is 75.4 Å². The summed E-state index contributed by atoms with van der Waals surface area (Å²) < 4.78 is 1.90. The van der Waals surface area contributed by atoms with Crippen molar-refractivity contribution in [2.45, 2.75) is 5.16 Å². The standard InChI is InChI=1S/C17H14N2O3S/c20-13-6-7-14(15(21)10-13)16(22)11-23-17-18-8-9-19(17)12-4-2-1-3-5-12/h1-10,20-21H,11H2. The second-order valence-electron chi connectivity index (χ2n) is 4.83. The predicted octanol–water partition coefficient (Wildman–Crippen LogP) is 3.26. The van der Waals surface area contributed by atoms with Crippen molar-refractivity contribution in [3.8, 4) is 17.2 Å². The van der Waals surface area contributed by atoms with Crippen molar-refractivity contribution in [1.29, 1.82) is 0 Å². The summed E-state index contributed by atoms with van der Waals surface area (Å²) in [6, 6.07) is 13.7. The summed E-state index contributed by atoms with van der Waals surface area (Å²) in [5, 5.41) is 19.7. The molecule has 116 valence electrons. The average Bonchev–Trinajstić information content (AvgIpc) is 3.02. The van der Waals surface area contributed by atoms with Crippen molar-refractivity contribution in [3.05, 3.63) is 66.5 Å². The molecule has 0 bridgehead atoms. The first-order chi connectivity index (χ1) is 11.1. The van der Waals surface area contributed by atoms with E-state index in [9.17, 15) is 15.0 Å². The first-order valence-corrected chi connectivity index (χ1v) is 7.90. The summed E-state index contributed by atoms with van der Waals surface area (Å²) in [6.07, 6.45) is 3.51. The van der Waals surface area contributed by atoms with E-state index >= 15 is 0 Å². The highest BCUT2D eigenvalue weighted by Gasteiger charge is 2.14. The molecule has 0 saturated carbocycles. The Morgan fingerprint density at radius 2 is 1.91 bits per heavy atom. The van der Waals surface area contributed by atoms with Crippen LogP contribution in [0.2, 0.25) is 0 Å². The van der Waals surface area contributed by atoms with Gasteiger partial charge in [-0.1, -0.05) is 30.0 Å². The second kappa shape index (κ2) is 6.58. The highest BCUT2D eigenvalue weighted by molar-refractivity contribution is 7.99. The fourth-order valence-corrected chi connectivity index (χ4v) is 3.00. The molecule has 0 spiro atoms. The molecule has 3 rings (SSSR count). The lowest BCUT2D eigenvalue weighted by molar-refractivity contribution is 0.102. The molecule has 2 N–H and O–H groups in total. The van der Waals surface area contributed by atoms with Gasteiger partial charge < -0.3 is 10.2 Å². The number of phenolic OH excluding ortho intramolecular Hbond substituents is 2. The Kier molecular flexibility index (Phi) is 4.34. The lowest BCUT2D eigenvalue weighted by atomic mass is 10.1.